The highest BCUT2D eigenvalue weighted by atomic mass is 79.9. The number of benzene rings is 1. The van der Waals surface area contributed by atoms with Crippen molar-refractivity contribution in [3.05, 3.63) is 28.2 Å². The molecule has 0 spiro atoms. The second kappa shape index (κ2) is 6.56. The fraction of sp³-hybridized carbons (Fsp3) is 0.562. The molecule has 3 heteroatoms. The van der Waals surface area contributed by atoms with Gasteiger partial charge < -0.3 is 4.74 Å². The van der Waals surface area contributed by atoms with E-state index in [1.54, 1.807) is 7.11 Å². The number of rotatable bonds is 4. The maximum absolute atomic E-state index is 12.0. The van der Waals surface area contributed by atoms with Crippen molar-refractivity contribution in [1.29, 1.82) is 0 Å². The minimum absolute atomic E-state index is 0.207. The van der Waals surface area contributed by atoms with E-state index in [-0.39, 0.29) is 5.92 Å². The van der Waals surface area contributed by atoms with E-state index in [1.165, 1.54) is 12.0 Å². The summed E-state index contributed by atoms with van der Waals surface area (Å²) in [6.07, 6.45) is 4.95. The van der Waals surface area contributed by atoms with Crippen LogP contribution in [0.2, 0.25) is 0 Å². The van der Waals surface area contributed by atoms with E-state index < -0.39 is 0 Å². The van der Waals surface area contributed by atoms with Gasteiger partial charge in [-0.15, -0.1) is 0 Å². The minimum Gasteiger partial charge on any atom is -0.496 e. The van der Waals surface area contributed by atoms with Crippen LogP contribution in [0.4, 0.5) is 0 Å². The molecule has 1 aliphatic carbocycles. The second-order valence-electron chi connectivity index (χ2n) is 5.38. The maximum atomic E-state index is 12.0. The summed E-state index contributed by atoms with van der Waals surface area (Å²) in [5.41, 5.74) is 1.21. The molecule has 1 aromatic carbocycles. The van der Waals surface area contributed by atoms with E-state index >= 15 is 0 Å². The number of hydrogen-bond acceptors (Lipinski definition) is 2. The number of ether oxygens (including phenoxy) is 1. The fourth-order valence-corrected chi connectivity index (χ4v) is 3.48. The third-order valence-corrected chi connectivity index (χ3v) is 4.77. The van der Waals surface area contributed by atoms with Crippen LogP contribution in [0.5, 0.6) is 5.75 Å². The molecule has 1 aromatic rings. The zero-order chi connectivity index (χ0) is 13.8. The standard InChI is InChI=1S/C16H21BrO2/c1-3-11-4-6-15(18)13(8-11)9-12-5-7-16(19-2)14(17)10-12/h5,7,10-11,13H,3-4,6,8-9H2,1-2H3. The van der Waals surface area contributed by atoms with Gasteiger partial charge in [-0.25, -0.2) is 0 Å². The summed E-state index contributed by atoms with van der Waals surface area (Å²) in [5.74, 6) is 2.21. The first kappa shape index (κ1) is 14.6. The molecule has 0 N–H and O–H groups in total. The fourth-order valence-electron chi connectivity index (χ4n) is 2.89. The normalized spacial score (nSPS) is 23.4. The number of halogens is 1. The molecule has 1 aliphatic rings. The molecular formula is C16H21BrO2. The largest absolute Gasteiger partial charge is 0.496 e. The summed E-state index contributed by atoms with van der Waals surface area (Å²) in [4.78, 5) is 12.0. The Bertz CT molecular complexity index is 456. The smallest absolute Gasteiger partial charge is 0.136 e. The Kier molecular flexibility index (Phi) is 5.03. The zero-order valence-corrected chi connectivity index (χ0v) is 13.2. The van der Waals surface area contributed by atoms with E-state index in [4.69, 9.17) is 4.74 Å². The lowest BCUT2D eigenvalue weighted by Gasteiger charge is -2.27. The first-order valence-corrected chi connectivity index (χ1v) is 7.78. The van der Waals surface area contributed by atoms with E-state index in [1.807, 2.05) is 6.07 Å². The van der Waals surface area contributed by atoms with Gasteiger partial charge in [0.2, 0.25) is 0 Å². The van der Waals surface area contributed by atoms with Crippen molar-refractivity contribution >= 4 is 21.7 Å². The van der Waals surface area contributed by atoms with Crippen LogP contribution in [0.15, 0.2) is 22.7 Å². The molecule has 19 heavy (non-hydrogen) atoms. The molecule has 104 valence electrons. The van der Waals surface area contributed by atoms with E-state index in [0.717, 1.165) is 41.8 Å². The lowest BCUT2D eigenvalue weighted by atomic mass is 9.77. The predicted octanol–water partition coefficient (Wildman–Crippen LogP) is 4.40. The molecule has 0 amide bonds. The second-order valence-corrected chi connectivity index (χ2v) is 6.24. The SMILES string of the molecule is CCC1CCC(=O)C(Cc2ccc(OC)c(Br)c2)C1. The van der Waals surface area contributed by atoms with Gasteiger partial charge in [0.1, 0.15) is 11.5 Å². The number of methoxy groups -OCH3 is 1. The van der Waals surface area contributed by atoms with Gasteiger partial charge in [0.05, 0.1) is 11.6 Å². The van der Waals surface area contributed by atoms with Crippen LogP contribution in [-0.2, 0) is 11.2 Å². The van der Waals surface area contributed by atoms with Crippen molar-refractivity contribution in [2.24, 2.45) is 11.8 Å². The van der Waals surface area contributed by atoms with Crippen LogP contribution < -0.4 is 4.74 Å². The van der Waals surface area contributed by atoms with Gasteiger partial charge >= 0.3 is 0 Å². The number of carbonyl (C=O) groups is 1. The Balaban J connectivity index is 2.07. The number of ketones is 1. The van der Waals surface area contributed by atoms with Gasteiger partial charge in [-0.05, 0) is 58.8 Å². The van der Waals surface area contributed by atoms with E-state index in [2.05, 4.69) is 35.0 Å². The zero-order valence-electron chi connectivity index (χ0n) is 11.6. The summed E-state index contributed by atoms with van der Waals surface area (Å²) in [6.45, 7) is 2.22. The van der Waals surface area contributed by atoms with Crippen LogP contribution in [0.25, 0.3) is 0 Å². The van der Waals surface area contributed by atoms with Gasteiger partial charge in [0.15, 0.2) is 0 Å². The summed E-state index contributed by atoms with van der Waals surface area (Å²) >= 11 is 3.50. The Morgan fingerprint density at radius 3 is 2.84 bits per heavy atom. The van der Waals surface area contributed by atoms with Crippen molar-refractivity contribution in [2.45, 2.75) is 39.0 Å². The highest BCUT2D eigenvalue weighted by molar-refractivity contribution is 9.10. The molecule has 0 aromatic heterocycles. The van der Waals surface area contributed by atoms with Crippen LogP contribution in [-0.4, -0.2) is 12.9 Å². The summed E-state index contributed by atoms with van der Waals surface area (Å²) in [7, 11) is 1.66. The number of carbonyl (C=O) groups excluding carboxylic acids is 1. The van der Waals surface area contributed by atoms with Crippen LogP contribution >= 0.6 is 15.9 Å². The van der Waals surface area contributed by atoms with Gasteiger partial charge in [-0.1, -0.05) is 19.4 Å². The molecule has 0 bridgehead atoms. The van der Waals surface area contributed by atoms with Crippen molar-refractivity contribution in [3.63, 3.8) is 0 Å². The molecule has 2 nitrogen and oxygen atoms in total. The third kappa shape index (κ3) is 3.59. The highest BCUT2D eigenvalue weighted by Crippen LogP contribution is 2.32. The first-order chi connectivity index (χ1) is 9.13. The molecule has 2 rings (SSSR count). The molecule has 0 radical (unpaired) electrons. The van der Waals surface area contributed by atoms with Crippen LogP contribution in [0.3, 0.4) is 0 Å². The van der Waals surface area contributed by atoms with Gasteiger partial charge in [-0.2, -0.15) is 0 Å². The Morgan fingerprint density at radius 1 is 1.42 bits per heavy atom. The third-order valence-electron chi connectivity index (χ3n) is 4.15. The van der Waals surface area contributed by atoms with Crippen LogP contribution in [0, 0.1) is 11.8 Å². The summed E-state index contributed by atoms with van der Waals surface area (Å²) in [5, 5.41) is 0. The lowest BCUT2D eigenvalue weighted by molar-refractivity contribution is -0.125. The van der Waals surface area contributed by atoms with Crippen molar-refractivity contribution in [2.75, 3.05) is 7.11 Å². The molecular weight excluding hydrogens is 304 g/mol. The van der Waals surface area contributed by atoms with Gasteiger partial charge in [0, 0.05) is 12.3 Å². The number of hydrogen-bond donors (Lipinski definition) is 0. The number of Topliss-reactive ketones (excluding diaryl/α,β-unsaturated/α-hetero) is 1. The molecule has 0 heterocycles. The predicted molar refractivity (Wildman–Crippen MR) is 80.5 cm³/mol. The average Bonchev–Trinajstić information content (AvgIpc) is 2.41. The Morgan fingerprint density at radius 2 is 2.21 bits per heavy atom. The van der Waals surface area contributed by atoms with Gasteiger partial charge in [0.25, 0.3) is 0 Å². The summed E-state index contributed by atoms with van der Waals surface area (Å²) < 4.78 is 6.19. The van der Waals surface area contributed by atoms with Crippen molar-refractivity contribution < 1.29 is 9.53 Å². The monoisotopic (exact) mass is 324 g/mol. The van der Waals surface area contributed by atoms with Crippen molar-refractivity contribution in [3.8, 4) is 5.75 Å². The molecule has 2 unspecified atom stereocenters. The molecule has 0 aliphatic heterocycles. The quantitative estimate of drug-likeness (QED) is 0.820. The van der Waals surface area contributed by atoms with Gasteiger partial charge in [-0.3, -0.25) is 4.79 Å². The summed E-state index contributed by atoms with van der Waals surface area (Å²) in [6, 6.07) is 6.10. The maximum Gasteiger partial charge on any atom is 0.136 e. The van der Waals surface area contributed by atoms with Crippen molar-refractivity contribution in [1.82, 2.24) is 0 Å². The highest BCUT2D eigenvalue weighted by Gasteiger charge is 2.27. The molecule has 0 saturated heterocycles. The topological polar surface area (TPSA) is 26.3 Å². The Labute approximate surface area is 123 Å². The van der Waals surface area contributed by atoms with E-state index in [0.29, 0.717) is 5.78 Å². The molecule has 1 fully saturated rings. The minimum atomic E-state index is 0.207. The molecule has 1 saturated carbocycles. The molecule has 2 atom stereocenters. The average molecular weight is 325 g/mol. The first-order valence-electron chi connectivity index (χ1n) is 6.99. The Hall–Kier alpha value is -0.830. The lowest BCUT2D eigenvalue weighted by Crippen LogP contribution is -2.26. The van der Waals surface area contributed by atoms with E-state index in [9.17, 15) is 4.79 Å². The van der Waals surface area contributed by atoms with Crippen LogP contribution in [0.1, 0.15) is 38.2 Å².